The molecule has 0 unspecified atom stereocenters. The van der Waals surface area contributed by atoms with Crippen molar-refractivity contribution in [2.24, 2.45) is 0 Å². The molecule has 4 rings (SSSR count). The first kappa shape index (κ1) is 15.4. The number of hydrogen-bond acceptors (Lipinski definition) is 5. The Labute approximate surface area is 144 Å². The van der Waals surface area contributed by atoms with Gasteiger partial charge in [-0.2, -0.15) is 5.10 Å². The minimum atomic E-state index is -0.855. The van der Waals surface area contributed by atoms with E-state index in [9.17, 15) is 4.79 Å². The minimum absolute atomic E-state index is 0.189. The number of benzene rings is 1. The molecule has 0 bridgehead atoms. The van der Waals surface area contributed by atoms with E-state index in [1.54, 1.807) is 10.9 Å². The second-order valence-electron chi connectivity index (χ2n) is 6.04. The molecule has 3 aromatic rings. The molecule has 0 saturated carbocycles. The second kappa shape index (κ2) is 6.39. The summed E-state index contributed by atoms with van der Waals surface area (Å²) in [6.45, 7) is 1.06. The van der Waals surface area contributed by atoms with Gasteiger partial charge in [-0.25, -0.2) is 19.4 Å². The van der Waals surface area contributed by atoms with Gasteiger partial charge in [-0.05, 0) is 25.0 Å². The smallest absolute Gasteiger partial charge is 0.407 e. The van der Waals surface area contributed by atoms with Crippen LogP contribution in [0.4, 0.5) is 10.6 Å². The van der Waals surface area contributed by atoms with Gasteiger partial charge >= 0.3 is 6.09 Å². The molecule has 1 aromatic carbocycles. The molecule has 1 amide bonds. The van der Waals surface area contributed by atoms with Crippen molar-refractivity contribution in [3.8, 4) is 5.69 Å². The number of carbonyl (C=O) groups is 1. The van der Waals surface area contributed by atoms with Gasteiger partial charge in [-0.3, -0.25) is 0 Å². The number of nitrogens with zero attached hydrogens (tertiary/aromatic N) is 5. The summed E-state index contributed by atoms with van der Waals surface area (Å²) in [4.78, 5) is 21.2. The molecule has 1 aliphatic rings. The summed E-state index contributed by atoms with van der Waals surface area (Å²) >= 11 is 0. The van der Waals surface area contributed by atoms with E-state index in [1.807, 2.05) is 30.3 Å². The molecule has 1 saturated heterocycles. The topological polar surface area (TPSA) is 96.2 Å². The normalized spacial score (nSPS) is 15.4. The standard InChI is InChI=1S/C17H18N6O2/c24-17(25)22-8-6-12(7-9-22)21-15-14-10-20-23(16(14)19-11-18-15)13-4-2-1-3-5-13/h1-5,10-12H,6-9H2,(H,24,25)(H,18,19,21). The fourth-order valence-electron chi connectivity index (χ4n) is 3.13. The van der Waals surface area contributed by atoms with Crippen molar-refractivity contribution in [1.29, 1.82) is 0 Å². The molecule has 25 heavy (non-hydrogen) atoms. The van der Waals surface area contributed by atoms with E-state index in [1.165, 1.54) is 11.2 Å². The Morgan fingerprint density at radius 2 is 1.92 bits per heavy atom. The highest BCUT2D eigenvalue weighted by atomic mass is 16.4. The van der Waals surface area contributed by atoms with E-state index >= 15 is 0 Å². The summed E-state index contributed by atoms with van der Waals surface area (Å²) in [6, 6.07) is 10.0. The summed E-state index contributed by atoms with van der Waals surface area (Å²) in [5.41, 5.74) is 1.68. The van der Waals surface area contributed by atoms with Crippen molar-refractivity contribution in [3.63, 3.8) is 0 Å². The van der Waals surface area contributed by atoms with Crippen molar-refractivity contribution in [3.05, 3.63) is 42.9 Å². The Morgan fingerprint density at radius 1 is 1.16 bits per heavy atom. The van der Waals surface area contributed by atoms with E-state index in [0.29, 0.717) is 13.1 Å². The predicted octanol–water partition coefficient (Wildman–Crippen LogP) is 2.37. The third-order valence-electron chi connectivity index (χ3n) is 4.47. The van der Waals surface area contributed by atoms with Crippen molar-refractivity contribution in [2.75, 3.05) is 18.4 Å². The van der Waals surface area contributed by atoms with Gasteiger partial charge in [-0.15, -0.1) is 0 Å². The van der Waals surface area contributed by atoms with Crippen LogP contribution in [0.1, 0.15) is 12.8 Å². The summed E-state index contributed by atoms with van der Waals surface area (Å²) in [7, 11) is 0. The first-order valence-corrected chi connectivity index (χ1v) is 8.21. The number of anilines is 1. The zero-order chi connectivity index (χ0) is 17.2. The number of nitrogens with one attached hydrogen (secondary N) is 1. The molecule has 2 N–H and O–H groups in total. The van der Waals surface area contributed by atoms with Crippen molar-refractivity contribution >= 4 is 22.9 Å². The van der Waals surface area contributed by atoms with Crippen LogP contribution in [-0.4, -0.2) is 55.0 Å². The number of carboxylic acid groups (broad SMARTS) is 1. The maximum absolute atomic E-state index is 11.0. The SMILES string of the molecule is O=C(O)N1CCC(Nc2ncnc3c2cnn3-c2ccccc2)CC1. The average Bonchev–Trinajstić information content (AvgIpc) is 3.08. The van der Waals surface area contributed by atoms with Crippen LogP contribution >= 0.6 is 0 Å². The number of rotatable bonds is 3. The number of hydrogen-bond donors (Lipinski definition) is 2. The fraction of sp³-hybridized carbons (Fsp3) is 0.294. The third-order valence-corrected chi connectivity index (χ3v) is 4.47. The zero-order valence-corrected chi connectivity index (χ0v) is 13.5. The number of para-hydroxylation sites is 1. The number of aromatic nitrogens is 4. The van der Waals surface area contributed by atoms with Crippen LogP contribution in [0.3, 0.4) is 0 Å². The third kappa shape index (κ3) is 2.98. The summed E-state index contributed by atoms with van der Waals surface area (Å²) < 4.78 is 1.79. The van der Waals surface area contributed by atoms with E-state index in [4.69, 9.17) is 5.11 Å². The van der Waals surface area contributed by atoms with Crippen LogP contribution in [0, 0.1) is 0 Å². The highest BCUT2D eigenvalue weighted by molar-refractivity contribution is 5.87. The summed E-state index contributed by atoms with van der Waals surface area (Å²) in [5, 5.41) is 17.8. The summed E-state index contributed by atoms with van der Waals surface area (Å²) in [5.74, 6) is 0.737. The molecule has 0 aliphatic carbocycles. The molecule has 3 heterocycles. The molecule has 0 spiro atoms. The van der Waals surface area contributed by atoms with E-state index in [2.05, 4.69) is 20.4 Å². The maximum atomic E-state index is 11.0. The lowest BCUT2D eigenvalue weighted by Crippen LogP contribution is -2.41. The number of likely N-dealkylation sites (tertiary alicyclic amines) is 1. The quantitative estimate of drug-likeness (QED) is 0.761. The van der Waals surface area contributed by atoms with Gasteiger partial charge < -0.3 is 15.3 Å². The molecule has 8 heteroatoms. The second-order valence-corrected chi connectivity index (χ2v) is 6.04. The number of fused-ring (bicyclic) bond motifs is 1. The first-order valence-electron chi connectivity index (χ1n) is 8.21. The maximum Gasteiger partial charge on any atom is 0.407 e. The predicted molar refractivity (Wildman–Crippen MR) is 92.9 cm³/mol. The Morgan fingerprint density at radius 3 is 2.64 bits per heavy atom. The van der Waals surface area contributed by atoms with Crippen molar-refractivity contribution in [1.82, 2.24) is 24.6 Å². The molecule has 1 fully saturated rings. The van der Waals surface area contributed by atoms with Crippen LogP contribution in [0.2, 0.25) is 0 Å². The Balaban J connectivity index is 1.57. The van der Waals surface area contributed by atoms with Crippen LogP contribution in [0.5, 0.6) is 0 Å². The molecular weight excluding hydrogens is 320 g/mol. The van der Waals surface area contributed by atoms with Gasteiger partial charge in [-0.1, -0.05) is 18.2 Å². The highest BCUT2D eigenvalue weighted by Crippen LogP contribution is 2.24. The van der Waals surface area contributed by atoms with Crippen LogP contribution in [0.25, 0.3) is 16.7 Å². The first-order chi connectivity index (χ1) is 12.2. The van der Waals surface area contributed by atoms with Gasteiger partial charge in [0.25, 0.3) is 0 Å². The Hall–Kier alpha value is -3.16. The Bertz CT molecular complexity index is 887. The van der Waals surface area contributed by atoms with E-state index in [-0.39, 0.29) is 6.04 Å². The Kier molecular flexibility index (Phi) is 3.93. The van der Waals surface area contributed by atoms with Gasteiger partial charge in [0, 0.05) is 19.1 Å². The molecule has 1 aliphatic heterocycles. The fourth-order valence-corrected chi connectivity index (χ4v) is 3.13. The van der Waals surface area contributed by atoms with Crippen molar-refractivity contribution in [2.45, 2.75) is 18.9 Å². The number of amides is 1. The number of piperidine rings is 1. The molecule has 2 aromatic heterocycles. The lowest BCUT2D eigenvalue weighted by atomic mass is 10.1. The van der Waals surface area contributed by atoms with Gasteiger partial charge in [0.1, 0.15) is 12.1 Å². The lowest BCUT2D eigenvalue weighted by Gasteiger charge is -2.30. The van der Waals surface area contributed by atoms with Gasteiger partial charge in [0.2, 0.25) is 0 Å². The van der Waals surface area contributed by atoms with Gasteiger partial charge in [0.05, 0.1) is 17.3 Å². The van der Waals surface area contributed by atoms with E-state index in [0.717, 1.165) is 35.4 Å². The molecule has 0 radical (unpaired) electrons. The van der Waals surface area contributed by atoms with Crippen molar-refractivity contribution < 1.29 is 9.90 Å². The molecule has 8 nitrogen and oxygen atoms in total. The van der Waals surface area contributed by atoms with E-state index < -0.39 is 6.09 Å². The molecular formula is C17H18N6O2. The average molecular weight is 338 g/mol. The zero-order valence-electron chi connectivity index (χ0n) is 13.5. The minimum Gasteiger partial charge on any atom is -0.465 e. The lowest BCUT2D eigenvalue weighted by molar-refractivity contribution is 0.134. The van der Waals surface area contributed by atoms with Crippen LogP contribution in [0.15, 0.2) is 42.9 Å². The molecule has 128 valence electrons. The van der Waals surface area contributed by atoms with Crippen LogP contribution < -0.4 is 5.32 Å². The van der Waals surface area contributed by atoms with Gasteiger partial charge in [0.15, 0.2) is 5.65 Å². The summed E-state index contributed by atoms with van der Waals surface area (Å²) in [6.07, 6.45) is 3.94. The monoisotopic (exact) mass is 338 g/mol. The highest BCUT2D eigenvalue weighted by Gasteiger charge is 2.23. The van der Waals surface area contributed by atoms with Crippen LogP contribution in [-0.2, 0) is 0 Å². The molecule has 0 atom stereocenters. The largest absolute Gasteiger partial charge is 0.465 e.